The number of benzene rings is 1. The van der Waals surface area contributed by atoms with Gasteiger partial charge in [0, 0.05) is 15.7 Å². The molecule has 0 radical (unpaired) electrons. The van der Waals surface area contributed by atoms with E-state index in [1.54, 1.807) is 0 Å². The summed E-state index contributed by atoms with van der Waals surface area (Å²) in [6.45, 7) is 0. The van der Waals surface area contributed by atoms with Gasteiger partial charge in [0.15, 0.2) is 5.84 Å². The van der Waals surface area contributed by atoms with E-state index in [1.807, 2.05) is 5.43 Å². The number of nitrogens with two attached hydrogens (primary N) is 1. The Balaban J connectivity index is 3.45. The summed E-state index contributed by atoms with van der Waals surface area (Å²) >= 11 is 1.46. The minimum Gasteiger partial charge on any atom is -0.382 e. The minimum atomic E-state index is -4.88. The van der Waals surface area contributed by atoms with Gasteiger partial charge in [0.05, 0.1) is 16.2 Å². The van der Waals surface area contributed by atoms with E-state index in [1.165, 1.54) is 28.7 Å². The molecule has 1 aromatic carbocycles. The zero-order valence-corrected chi connectivity index (χ0v) is 12.6. The lowest BCUT2D eigenvalue weighted by atomic mass is 10.1. The lowest BCUT2D eigenvalue weighted by Crippen LogP contribution is -2.22. The van der Waals surface area contributed by atoms with E-state index in [0.29, 0.717) is 6.07 Å². The highest BCUT2D eigenvalue weighted by molar-refractivity contribution is 14.1. The first-order valence-corrected chi connectivity index (χ1v) is 6.29. The van der Waals surface area contributed by atoms with E-state index in [9.17, 15) is 23.3 Å². The highest BCUT2D eigenvalue weighted by Gasteiger charge is 2.36. The van der Waals surface area contributed by atoms with Crippen LogP contribution in [0.1, 0.15) is 5.56 Å². The second-order valence-corrected chi connectivity index (χ2v) is 4.86. The van der Waals surface area contributed by atoms with Crippen LogP contribution >= 0.6 is 22.6 Å². The number of halogens is 4. The molecule has 116 valence electrons. The Morgan fingerprint density at radius 1 is 1.55 bits per heavy atom. The van der Waals surface area contributed by atoms with E-state index >= 15 is 0 Å². The summed E-state index contributed by atoms with van der Waals surface area (Å²) in [5.41, 5.74) is 3.73. The Morgan fingerprint density at radius 2 is 2.14 bits per heavy atom. The molecule has 1 rings (SSSR count). The molecule has 0 spiro atoms. The molecule has 0 fully saturated rings. The van der Waals surface area contributed by atoms with Gasteiger partial charge < -0.3 is 5.73 Å². The third-order valence-electron chi connectivity index (χ3n) is 2.23. The van der Waals surface area contributed by atoms with Crippen LogP contribution in [0.2, 0.25) is 0 Å². The largest absolute Gasteiger partial charge is 0.418 e. The van der Waals surface area contributed by atoms with Crippen molar-refractivity contribution in [1.29, 1.82) is 10.7 Å². The Morgan fingerprint density at radius 3 is 2.55 bits per heavy atom. The molecule has 22 heavy (non-hydrogen) atoms. The van der Waals surface area contributed by atoms with Crippen LogP contribution in [0, 0.1) is 30.4 Å². The third kappa shape index (κ3) is 4.04. The van der Waals surface area contributed by atoms with Crippen molar-refractivity contribution in [3.8, 4) is 6.07 Å². The second kappa shape index (κ2) is 6.56. The first-order chi connectivity index (χ1) is 10.1. The lowest BCUT2D eigenvalue weighted by Gasteiger charge is -2.14. The maximum atomic E-state index is 13.0. The molecule has 0 amide bonds. The molecule has 0 saturated carbocycles. The van der Waals surface area contributed by atoms with Gasteiger partial charge in [-0.2, -0.15) is 23.5 Å². The zero-order valence-electron chi connectivity index (χ0n) is 10.4. The fourth-order valence-corrected chi connectivity index (χ4v) is 2.02. The molecule has 0 unspecified atom stereocenters. The van der Waals surface area contributed by atoms with Gasteiger partial charge in [-0.3, -0.25) is 20.9 Å². The summed E-state index contributed by atoms with van der Waals surface area (Å²) in [4.78, 5) is 9.69. The Bertz CT molecular complexity index is 710. The summed E-state index contributed by atoms with van der Waals surface area (Å²) < 4.78 is 38.8. The number of nitro benzene ring substituents is 1. The highest BCUT2D eigenvalue weighted by atomic mass is 127. The molecule has 12 heteroatoms. The quantitative estimate of drug-likeness (QED) is 0.223. The molecule has 8 nitrogen and oxygen atoms in total. The van der Waals surface area contributed by atoms with Crippen molar-refractivity contribution in [2.45, 2.75) is 6.18 Å². The molecule has 4 N–H and O–H groups in total. The monoisotopic (exact) mass is 426 g/mol. The fraction of sp³-hybridized carbons (Fsp3) is 0.100. The summed E-state index contributed by atoms with van der Waals surface area (Å²) in [5, 5.41) is 29.6. The van der Waals surface area contributed by atoms with Gasteiger partial charge in [-0.25, -0.2) is 0 Å². The molecule has 0 heterocycles. The van der Waals surface area contributed by atoms with Crippen molar-refractivity contribution >= 4 is 45.5 Å². The van der Waals surface area contributed by atoms with Crippen LogP contribution in [0.5, 0.6) is 0 Å². The smallest absolute Gasteiger partial charge is 0.382 e. The van der Waals surface area contributed by atoms with E-state index < -0.39 is 39.6 Å². The number of hydrazone groups is 1. The molecule has 0 aromatic heterocycles. The SMILES string of the molecule is N#C/C(=N\Nc1c(I)cc([N+](=O)[O-])cc1C(F)(F)F)C(=N)N. The molecular weight excluding hydrogens is 420 g/mol. The van der Waals surface area contributed by atoms with Crippen molar-refractivity contribution in [3.05, 3.63) is 31.4 Å². The van der Waals surface area contributed by atoms with Crippen LogP contribution in [0.4, 0.5) is 24.5 Å². The number of nitrogens with one attached hydrogen (secondary N) is 2. The van der Waals surface area contributed by atoms with E-state index in [2.05, 4.69) is 5.10 Å². The number of rotatable bonds is 4. The van der Waals surface area contributed by atoms with E-state index in [-0.39, 0.29) is 3.57 Å². The molecule has 0 aliphatic rings. The van der Waals surface area contributed by atoms with Crippen molar-refractivity contribution < 1.29 is 18.1 Å². The Kier molecular flexibility index (Phi) is 5.25. The second-order valence-electron chi connectivity index (χ2n) is 3.70. The number of nitrogens with zero attached hydrogens (tertiary/aromatic N) is 3. The number of amidine groups is 1. The maximum absolute atomic E-state index is 13.0. The van der Waals surface area contributed by atoms with Crippen LogP contribution in [-0.2, 0) is 6.18 Å². The fourth-order valence-electron chi connectivity index (χ4n) is 1.29. The van der Waals surface area contributed by atoms with E-state index in [4.69, 9.17) is 16.4 Å². The summed E-state index contributed by atoms with van der Waals surface area (Å²) in [7, 11) is 0. The number of anilines is 1. The first kappa shape index (κ1) is 17.6. The van der Waals surface area contributed by atoms with Crippen LogP contribution in [-0.4, -0.2) is 16.5 Å². The number of non-ortho nitro benzene ring substituents is 1. The van der Waals surface area contributed by atoms with Crippen molar-refractivity contribution in [1.82, 2.24) is 0 Å². The molecule has 1 aromatic rings. The summed E-state index contributed by atoms with van der Waals surface area (Å²) in [5.74, 6) is -0.736. The Labute approximate surface area is 134 Å². The molecule has 0 aliphatic carbocycles. The lowest BCUT2D eigenvalue weighted by molar-refractivity contribution is -0.385. The predicted octanol–water partition coefficient (Wildman–Crippen LogP) is 2.45. The van der Waals surface area contributed by atoms with Crippen LogP contribution in [0.3, 0.4) is 0 Å². The molecule has 0 aliphatic heterocycles. The van der Waals surface area contributed by atoms with Crippen molar-refractivity contribution in [3.63, 3.8) is 0 Å². The topological polar surface area (TPSA) is 141 Å². The van der Waals surface area contributed by atoms with Gasteiger partial charge in [-0.15, -0.1) is 0 Å². The summed E-state index contributed by atoms with van der Waals surface area (Å²) in [6.07, 6.45) is -4.88. The molecule has 0 bridgehead atoms. The van der Waals surface area contributed by atoms with Gasteiger partial charge in [-0.1, -0.05) is 0 Å². The van der Waals surface area contributed by atoms with Gasteiger partial charge in [0.1, 0.15) is 6.07 Å². The van der Waals surface area contributed by atoms with Gasteiger partial charge >= 0.3 is 6.18 Å². The first-order valence-electron chi connectivity index (χ1n) is 5.21. The number of nitro groups is 1. The average molecular weight is 426 g/mol. The molecular formula is C10H6F3IN6O2. The van der Waals surface area contributed by atoms with Gasteiger partial charge in [-0.05, 0) is 22.6 Å². The third-order valence-corrected chi connectivity index (χ3v) is 3.08. The van der Waals surface area contributed by atoms with Crippen LogP contribution in [0.25, 0.3) is 0 Å². The van der Waals surface area contributed by atoms with Gasteiger partial charge in [0.25, 0.3) is 5.69 Å². The maximum Gasteiger partial charge on any atom is 0.418 e. The van der Waals surface area contributed by atoms with Crippen molar-refractivity contribution in [2.24, 2.45) is 10.8 Å². The predicted molar refractivity (Wildman–Crippen MR) is 79.4 cm³/mol. The number of alkyl halides is 3. The normalized spacial score (nSPS) is 11.7. The summed E-state index contributed by atoms with van der Waals surface area (Å²) in [6, 6.07) is 2.68. The number of nitriles is 1. The molecule has 0 saturated heterocycles. The van der Waals surface area contributed by atoms with Crippen molar-refractivity contribution in [2.75, 3.05) is 5.43 Å². The van der Waals surface area contributed by atoms with E-state index in [0.717, 1.165) is 6.07 Å². The Hall–Kier alpha value is -2.43. The average Bonchev–Trinajstić information content (AvgIpc) is 2.38. The zero-order chi connectivity index (χ0) is 17.1. The van der Waals surface area contributed by atoms with Gasteiger partial charge in [0.2, 0.25) is 5.71 Å². The standard InChI is InChI=1S/C10H6F3IN6O2/c11-10(12,13)5-1-4(20(21)22)2-6(14)8(5)19-18-7(3-15)9(16)17/h1-2,19H,(H3,16,17)/b18-7+. The number of hydrogen-bond acceptors (Lipinski definition) is 6. The highest BCUT2D eigenvalue weighted by Crippen LogP contribution is 2.39. The van der Waals surface area contributed by atoms with Crippen LogP contribution in [0.15, 0.2) is 17.2 Å². The minimum absolute atomic E-state index is 0.135. The molecule has 0 atom stereocenters. The number of hydrogen-bond donors (Lipinski definition) is 3. The van der Waals surface area contributed by atoms with Crippen LogP contribution < -0.4 is 11.2 Å².